The van der Waals surface area contributed by atoms with Crippen LogP contribution >= 0.6 is 11.6 Å². The number of halogens is 4. The van der Waals surface area contributed by atoms with Gasteiger partial charge in [-0.2, -0.15) is 13.2 Å². The third kappa shape index (κ3) is 6.66. The molecule has 1 aliphatic rings. The van der Waals surface area contributed by atoms with Crippen molar-refractivity contribution in [3.8, 4) is 0 Å². The number of anilines is 1. The number of pyridine rings is 1. The van der Waals surface area contributed by atoms with E-state index in [0.29, 0.717) is 48.6 Å². The van der Waals surface area contributed by atoms with Gasteiger partial charge in [0.15, 0.2) is 0 Å². The number of benzene rings is 1. The molecule has 0 saturated carbocycles. The van der Waals surface area contributed by atoms with Crippen LogP contribution < -0.4 is 10.6 Å². The van der Waals surface area contributed by atoms with Crippen LogP contribution in [0.5, 0.6) is 0 Å². The second kappa shape index (κ2) is 12.2. The zero-order valence-electron chi connectivity index (χ0n) is 20.1. The second-order valence-electron chi connectivity index (χ2n) is 8.61. The number of aliphatic hydroxyl groups is 2. The van der Waals surface area contributed by atoms with Gasteiger partial charge in [-0.25, -0.2) is 15.0 Å². The molecule has 14 heteroatoms. The highest BCUT2D eigenvalue weighted by atomic mass is 35.5. The molecule has 204 valence electrons. The van der Waals surface area contributed by atoms with E-state index in [1.165, 1.54) is 0 Å². The van der Waals surface area contributed by atoms with Crippen molar-refractivity contribution in [2.24, 2.45) is 0 Å². The Morgan fingerprint density at radius 3 is 2.50 bits per heavy atom. The minimum atomic E-state index is -4.66. The van der Waals surface area contributed by atoms with Gasteiger partial charge < -0.3 is 25.6 Å². The van der Waals surface area contributed by atoms with Gasteiger partial charge in [-0.15, -0.1) is 0 Å². The molecule has 1 amide bonds. The Labute approximate surface area is 220 Å². The molecule has 0 aliphatic carbocycles. The number of fused-ring (bicyclic) bond motifs is 1. The molecule has 1 unspecified atom stereocenters. The number of carbonyl (C=O) groups excluding carboxylic acids is 1. The standard InChI is InChI=1S/C24H26ClF3N6O4/c25-17-2-3-18-16(1-4-20(33-18)29-11-15(36)13-35)21(17)22(37)30-12-19(34-5-7-38-8-6-34)14-9-31-23(32-10-14)24(26,27)28/h1-4,9-10,15,19,35-36H,5-8,11-13H2,(H,29,33)(H,30,37)/t15-,19?/m0/s1. The van der Waals surface area contributed by atoms with Gasteiger partial charge in [0.05, 0.1) is 48.1 Å². The van der Waals surface area contributed by atoms with Crippen molar-refractivity contribution in [1.82, 2.24) is 25.2 Å². The first kappa shape index (κ1) is 27.9. The quantitative estimate of drug-likeness (QED) is 0.314. The Kier molecular flexibility index (Phi) is 8.95. The fraction of sp³-hybridized carbons (Fsp3) is 0.417. The number of hydrogen-bond acceptors (Lipinski definition) is 9. The highest BCUT2D eigenvalue weighted by Crippen LogP contribution is 2.29. The Balaban J connectivity index is 1.55. The maximum Gasteiger partial charge on any atom is 0.451 e. The number of hydrogen-bond donors (Lipinski definition) is 4. The predicted octanol–water partition coefficient (Wildman–Crippen LogP) is 2.27. The van der Waals surface area contributed by atoms with Crippen molar-refractivity contribution in [2.45, 2.75) is 18.3 Å². The van der Waals surface area contributed by atoms with E-state index >= 15 is 0 Å². The smallest absolute Gasteiger partial charge is 0.394 e. The molecule has 2 aromatic heterocycles. The van der Waals surface area contributed by atoms with Gasteiger partial charge >= 0.3 is 6.18 Å². The van der Waals surface area contributed by atoms with Gasteiger partial charge in [-0.3, -0.25) is 9.69 Å². The summed E-state index contributed by atoms with van der Waals surface area (Å²) < 4.78 is 44.2. The molecule has 1 aliphatic heterocycles. The van der Waals surface area contributed by atoms with E-state index in [0.717, 1.165) is 12.4 Å². The average molecular weight is 555 g/mol. The lowest BCUT2D eigenvalue weighted by Gasteiger charge is -2.34. The number of rotatable bonds is 9. The zero-order chi connectivity index (χ0) is 27.3. The molecule has 0 bridgehead atoms. The lowest BCUT2D eigenvalue weighted by Crippen LogP contribution is -2.44. The lowest BCUT2D eigenvalue weighted by molar-refractivity contribution is -0.145. The Morgan fingerprint density at radius 1 is 1.13 bits per heavy atom. The summed E-state index contributed by atoms with van der Waals surface area (Å²) in [5.74, 6) is -1.28. The first-order valence-corrected chi connectivity index (χ1v) is 12.2. The Bertz CT molecular complexity index is 1260. The van der Waals surface area contributed by atoms with E-state index < -0.39 is 36.7 Å². The van der Waals surface area contributed by atoms with E-state index in [9.17, 15) is 23.1 Å². The molecule has 1 saturated heterocycles. The number of nitrogens with one attached hydrogen (secondary N) is 2. The van der Waals surface area contributed by atoms with Gasteiger partial charge in [-0.1, -0.05) is 11.6 Å². The number of aliphatic hydroxyl groups excluding tert-OH is 2. The third-order valence-electron chi connectivity index (χ3n) is 6.03. The van der Waals surface area contributed by atoms with Gasteiger partial charge in [0.25, 0.3) is 5.91 Å². The van der Waals surface area contributed by atoms with Crippen molar-refractivity contribution >= 4 is 34.2 Å². The molecule has 1 fully saturated rings. The van der Waals surface area contributed by atoms with Crippen LogP contribution in [0.15, 0.2) is 36.7 Å². The summed E-state index contributed by atoms with van der Waals surface area (Å²) in [5.41, 5.74) is 1.10. The van der Waals surface area contributed by atoms with Gasteiger partial charge in [0.2, 0.25) is 5.82 Å². The monoisotopic (exact) mass is 554 g/mol. The number of aromatic nitrogens is 3. The first-order valence-electron chi connectivity index (χ1n) is 11.8. The van der Waals surface area contributed by atoms with Gasteiger partial charge in [-0.05, 0) is 24.3 Å². The number of amides is 1. The summed E-state index contributed by atoms with van der Waals surface area (Å²) in [4.78, 5) is 26.7. The van der Waals surface area contributed by atoms with Crippen LogP contribution in [0, 0.1) is 0 Å². The molecule has 38 heavy (non-hydrogen) atoms. The fourth-order valence-corrected chi connectivity index (χ4v) is 4.33. The van der Waals surface area contributed by atoms with E-state index in [1.807, 2.05) is 4.90 Å². The molecule has 10 nitrogen and oxygen atoms in total. The summed E-state index contributed by atoms with van der Waals surface area (Å²) in [6.45, 7) is 1.67. The summed E-state index contributed by atoms with van der Waals surface area (Å²) in [6.07, 6.45) is -3.36. The summed E-state index contributed by atoms with van der Waals surface area (Å²) in [5, 5.41) is 25.0. The molecular weight excluding hydrogens is 529 g/mol. The minimum absolute atomic E-state index is 0.0619. The molecule has 0 radical (unpaired) electrons. The van der Waals surface area contributed by atoms with E-state index in [-0.39, 0.29) is 23.7 Å². The van der Waals surface area contributed by atoms with Crippen molar-refractivity contribution in [3.05, 3.63) is 58.6 Å². The summed E-state index contributed by atoms with van der Waals surface area (Å²) in [6, 6.07) is 5.99. The van der Waals surface area contributed by atoms with Crippen molar-refractivity contribution < 1.29 is 32.9 Å². The Morgan fingerprint density at radius 2 is 1.84 bits per heavy atom. The SMILES string of the molecule is O=C(NCC(c1cnc(C(F)(F)F)nc1)N1CCOCC1)c1c(Cl)ccc2nc(NC[C@H](O)CO)ccc12. The maximum atomic E-state index is 13.3. The summed E-state index contributed by atoms with van der Waals surface area (Å²) in [7, 11) is 0. The highest BCUT2D eigenvalue weighted by Gasteiger charge is 2.35. The van der Waals surface area contributed by atoms with Crippen LogP contribution in [0.1, 0.15) is 27.8 Å². The van der Waals surface area contributed by atoms with E-state index in [2.05, 4.69) is 25.6 Å². The molecule has 2 atom stereocenters. The van der Waals surface area contributed by atoms with Crippen LogP contribution in [0.3, 0.4) is 0 Å². The fourth-order valence-electron chi connectivity index (χ4n) is 4.07. The Hall–Kier alpha value is -3.10. The highest BCUT2D eigenvalue weighted by molar-refractivity contribution is 6.35. The van der Waals surface area contributed by atoms with Crippen LogP contribution in [0.25, 0.3) is 10.9 Å². The molecule has 4 N–H and O–H groups in total. The van der Waals surface area contributed by atoms with Crippen molar-refractivity contribution in [3.63, 3.8) is 0 Å². The molecule has 3 aromatic rings. The number of morpholine rings is 1. The average Bonchev–Trinajstić information content (AvgIpc) is 2.92. The van der Waals surface area contributed by atoms with Crippen LogP contribution in [0.2, 0.25) is 5.02 Å². The second-order valence-corrected chi connectivity index (χ2v) is 9.02. The zero-order valence-corrected chi connectivity index (χ0v) is 20.8. The minimum Gasteiger partial charge on any atom is -0.394 e. The van der Waals surface area contributed by atoms with Crippen LogP contribution in [-0.2, 0) is 10.9 Å². The van der Waals surface area contributed by atoms with Gasteiger partial charge in [0.1, 0.15) is 5.82 Å². The lowest BCUT2D eigenvalue weighted by atomic mass is 10.1. The first-order chi connectivity index (χ1) is 18.2. The van der Waals surface area contributed by atoms with Crippen LogP contribution in [-0.4, -0.2) is 88.1 Å². The maximum absolute atomic E-state index is 13.3. The molecular formula is C24H26ClF3N6O4. The molecule has 1 aromatic carbocycles. The van der Waals surface area contributed by atoms with Crippen molar-refractivity contribution in [1.29, 1.82) is 0 Å². The number of nitrogens with zero attached hydrogens (tertiary/aromatic N) is 4. The number of alkyl halides is 3. The molecule has 0 spiro atoms. The van der Waals surface area contributed by atoms with E-state index in [4.69, 9.17) is 21.4 Å². The summed E-state index contributed by atoms with van der Waals surface area (Å²) >= 11 is 6.38. The van der Waals surface area contributed by atoms with E-state index in [1.54, 1.807) is 24.3 Å². The number of ether oxygens (including phenoxy) is 1. The van der Waals surface area contributed by atoms with Gasteiger partial charge in [0, 0.05) is 49.5 Å². The number of carbonyl (C=O) groups is 1. The topological polar surface area (TPSA) is 133 Å². The largest absolute Gasteiger partial charge is 0.451 e. The normalized spacial score (nSPS) is 16.3. The molecule has 3 heterocycles. The third-order valence-corrected chi connectivity index (χ3v) is 6.34. The molecule has 4 rings (SSSR count). The van der Waals surface area contributed by atoms with Crippen LogP contribution in [0.4, 0.5) is 19.0 Å². The predicted molar refractivity (Wildman–Crippen MR) is 133 cm³/mol. The van der Waals surface area contributed by atoms with Crippen molar-refractivity contribution in [2.75, 3.05) is 51.3 Å².